The Hall–Kier alpha value is -1.60. The Labute approximate surface area is 136 Å². The molecule has 0 bridgehead atoms. The Kier molecular flexibility index (Phi) is 3.77. The Morgan fingerprint density at radius 3 is 2.87 bits per heavy atom. The number of hydrogen-bond acceptors (Lipinski definition) is 4. The van der Waals surface area contributed by atoms with Crippen LogP contribution in [0.5, 0.6) is 0 Å². The van der Waals surface area contributed by atoms with Crippen molar-refractivity contribution in [2.45, 2.75) is 38.3 Å². The van der Waals surface area contributed by atoms with E-state index in [1.807, 2.05) is 22.9 Å². The number of fused-ring (bicyclic) bond motifs is 1. The maximum absolute atomic E-state index is 12.3. The number of sulfonamides is 1. The molecule has 0 radical (unpaired) electrons. The van der Waals surface area contributed by atoms with Crippen LogP contribution in [-0.2, 0) is 14.8 Å². The van der Waals surface area contributed by atoms with E-state index in [9.17, 15) is 8.42 Å². The third kappa shape index (κ3) is 2.72. The first-order valence-corrected chi connectivity index (χ1v) is 9.85. The first-order chi connectivity index (χ1) is 11.1. The van der Waals surface area contributed by atoms with Crippen LogP contribution in [0.1, 0.15) is 38.3 Å². The van der Waals surface area contributed by atoms with Gasteiger partial charge in [0.2, 0.25) is 10.0 Å². The lowest BCUT2D eigenvalue weighted by molar-refractivity contribution is -0.0366. The fourth-order valence-corrected chi connectivity index (χ4v) is 5.05. The van der Waals surface area contributed by atoms with Crippen LogP contribution in [-0.4, -0.2) is 37.1 Å². The fourth-order valence-electron chi connectivity index (χ4n) is 3.42. The standard InChI is InChI=1S/C16H21N3O3S/c20-23(21)10-4-2-8-18(23)14-6-7-15-13(11-14)12-17-19(15)16-5-1-3-9-22-16/h6-7,11-12,16H,1-5,8-10H2. The number of benzene rings is 1. The quantitative estimate of drug-likeness (QED) is 0.846. The van der Waals surface area contributed by atoms with Crippen LogP contribution < -0.4 is 4.31 Å². The van der Waals surface area contributed by atoms with E-state index in [1.165, 1.54) is 4.31 Å². The second-order valence-electron chi connectivity index (χ2n) is 6.25. The SMILES string of the molecule is O=S1(=O)CCCCN1c1ccc2c(cnn2C2CCCCO2)c1. The molecule has 1 aromatic heterocycles. The summed E-state index contributed by atoms with van der Waals surface area (Å²) in [6.45, 7) is 1.34. The van der Waals surface area contributed by atoms with Gasteiger partial charge in [-0.15, -0.1) is 0 Å². The van der Waals surface area contributed by atoms with Gasteiger partial charge in [0, 0.05) is 18.5 Å². The molecule has 2 fully saturated rings. The highest BCUT2D eigenvalue weighted by Gasteiger charge is 2.26. The molecule has 2 aliphatic heterocycles. The van der Waals surface area contributed by atoms with Crippen molar-refractivity contribution in [2.75, 3.05) is 23.2 Å². The van der Waals surface area contributed by atoms with Crippen molar-refractivity contribution in [3.05, 3.63) is 24.4 Å². The molecule has 2 saturated heterocycles. The average molecular weight is 335 g/mol. The molecule has 0 aliphatic carbocycles. The van der Waals surface area contributed by atoms with Gasteiger partial charge in [-0.05, 0) is 50.3 Å². The second-order valence-corrected chi connectivity index (χ2v) is 8.26. The average Bonchev–Trinajstić information content (AvgIpc) is 2.98. The van der Waals surface area contributed by atoms with Crippen molar-refractivity contribution >= 4 is 26.6 Å². The topological polar surface area (TPSA) is 64.4 Å². The van der Waals surface area contributed by atoms with Crippen molar-refractivity contribution in [3.63, 3.8) is 0 Å². The number of anilines is 1. The molecule has 1 unspecified atom stereocenters. The molecule has 3 heterocycles. The zero-order valence-electron chi connectivity index (χ0n) is 13.0. The van der Waals surface area contributed by atoms with E-state index >= 15 is 0 Å². The van der Waals surface area contributed by atoms with E-state index in [0.717, 1.165) is 55.3 Å². The molecule has 6 nitrogen and oxygen atoms in total. The molecule has 124 valence electrons. The van der Waals surface area contributed by atoms with Gasteiger partial charge in [-0.2, -0.15) is 5.10 Å². The summed E-state index contributed by atoms with van der Waals surface area (Å²) in [5.74, 6) is 0.236. The molecule has 2 aliphatic rings. The summed E-state index contributed by atoms with van der Waals surface area (Å²) in [6.07, 6.45) is 6.67. The largest absolute Gasteiger partial charge is 0.356 e. The smallest absolute Gasteiger partial charge is 0.235 e. The number of rotatable bonds is 2. The molecule has 0 spiro atoms. The van der Waals surface area contributed by atoms with Crippen molar-refractivity contribution in [1.82, 2.24) is 9.78 Å². The van der Waals surface area contributed by atoms with Crippen LogP contribution in [0.4, 0.5) is 5.69 Å². The lowest BCUT2D eigenvalue weighted by atomic mass is 10.2. The molecule has 2 aromatic rings. The Bertz CT molecular complexity index is 809. The van der Waals surface area contributed by atoms with Gasteiger partial charge in [-0.1, -0.05) is 0 Å². The van der Waals surface area contributed by atoms with Crippen LogP contribution in [0.15, 0.2) is 24.4 Å². The van der Waals surface area contributed by atoms with Gasteiger partial charge in [0.25, 0.3) is 0 Å². The summed E-state index contributed by atoms with van der Waals surface area (Å²) in [4.78, 5) is 0. The summed E-state index contributed by atoms with van der Waals surface area (Å²) < 4.78 is 33.8. The lowest BCUT2D eigenvalue weighted by Crippen LogP contribution is -2.37. The van der Waals surface area contributed by atoms with Crippen molar-refractivity contribution in [3.8, 4) is 0 Å². The molecule has 0 N–H and O–H groups in total. The molecule has 0 amide bonds. The van der Waals surface area contributed by atoms with Crippen LogP contribution in [0.25, 0.3) is 10.9 Å². The molecule has 7 heteroatoms. The predicted octanol–water partition coefficient (Wildman–Crippen LogP) is 2.67. The van der Waals surface area contributed by atoms with Crippen LogP contribution in [0, 0.1) is 0 Å². The molecule has 23 heavy (non-hydrogen) atoms. The summed E-state index contributed by atoms with van der Waals surface area (Å²) in [5.41, 5.74) is 1.73. The van der Waals surface area contributed by atoms with Gasteiger partial charge in [0.05, 0.1) is 23.2 Å². The van der Waals surface area contributed by atoms with Crippen LogP contribution in [0.2, 0.25) is 0 Å². The summed E-state index contributed by atoms with van der Waals surface area (Å²) in [6, 6.07) is 5.76. The van der Waals surface area contributed by atoms with Crippen molar-refractivity contribution < 1.29 is 13.2 Å². The predicted molar refractivity (Wildman–Crippen MR) is 88.9 cm³/mol. The van der Waals surface area contributed by atoms with Crippen molar-refractivity contribution in [2.24, 2.45) is 0 Å². The van der Waals surface area contributed by atoms with E-state index in [0.29, 0.717) is 6.54 Å². The number of ether oxygens (including phenoxy) is 1. The monoisotopic (exact) mass is 335 g/mol. The van der Waals surface area contributed by atoms with Gasteiger partial charge in [0.1, 0.15) is 0 Å². The zero-order valence-corrected chi connectivity index (χ0v) is 13.8. The minimum atomic E-state index is -3.18. The maximum Gasteiger partial charge on any atom is 0.235 e. The molecule has 1 atom stereocenters. The normalized spacial score (nSPS) is 24.9. The molecule has 0 saturated carbocycles. The zero-order chi connectivity index (χ0) is 15.9. The minimum Gasteiger partial charge on any atom is -0.356 e. The first-order valence-electron chi connectivity index (χ1n) is 8.24. The van der Waals surface area contributed by atoms with E-state index in [-0.39, 0.29) is 12.0 Å². The Balaban J connectivity index is 1.69. The van der Waals surface area contributed by atoms with E-state index in [4.69, 9.17) is 4.74 Å². The Morgan fingerprint density at radius 1 is 1.17 bits per heavy atom. The lowest BCUT2D eigenvalue weighted by Gasteiger charge is -2.28. The first kappa shape index (κ1) is 15.0. The van der Waals surface area contributed by atoms with Crippen LogP contribution >= 0.6 is 0 Å². The molecular weight excluding hydrogens is 314 g/mol. The van der Waals surface area contributed by atoms with Crippen molar-refractivity contribution in [1.29, 1.82) is 0 Å². The van der Waals surface area contributed by atoms with E-state index in [1.54, 1.807) is 6.20 Å². The second kappa shape index (κ2) is 5.79. The maximum atomic E-state index is 12.3. The number of nitrogens with zero attached hydrogens (tertiary/aromatic N) is 3. The van der Waals surface area contributed by atoms with E-state index in [2.05, 4.69) is 5.10 Å². The number of hydrogen-bond donors (Lipinski definition) is 0. The third-order valence-electron chi connectivity index (χ3n) is 4.64. The highest BCUT2D eigenvalue weighted by atomic mass is 32.2. The van der Waals surface area contributed by atoms with E-state index < -0.39 is 10.0 Å². The van der Waals surface area contributed by atoms with Gasteiger partial charge in [-0.3, -0.25) is 4.31 Å². The fraction of sp³-hybridized carbons (Fsp3) is 0.562. The third-order valence-corrected chi connectivity index (χ3v) is 6.51. The molecule has 4 rings (SSSR count). The molecular formula is C16H21N3O3S. The summed E-state index contributed by atoms with van der Waals surface area (Å²) >= 11 is 0. The van der Waals surface area contributed by atoms with Gasteiger partial charge in [0.15, 0.2) is 6.23 Å². The van der Waals surface area contributed by atoms with Crippen LogP contribution in [0.3, 0.4) is 0 Å². The number of aromatic nitrogens is 2. The van der Waals surface area contributed by atoms with Gasteiger partial charge < -0.3 is 4.74 Å². The summed E-state index contributed by atoms with van der Waals surface area (Å²) in [7, 11) is -3.18. The van der Waals surface area contributed by atoms with Gasteiger partial charge in [-0.25, -0.2) is 13.1 Å². The minimum absolute atomic E-state index is 0.00850. The molecule has 1 aromatic carbocycles. The highest BCUT2D eigenvalue weighted by molar-refractivity contribution is 7.92. The van der Waals surface area contributed by atoms with Gasteiger partial charge >= 0.3 is 0 Å². The highest BCUT2D eigenvalue weighted by Crippen LogP contribution is 2.30. The summed E-state index contributed by atoms with van der Waals surface area (Å²) in [5, 5.41) is 5.42. The Morgan fingerprint density at radius 2 is 2.09 bits per heavy atom.